The molecule has 2 N–H and O–H groups in total. The highest BCUT2D eigenvalue weighted by atomic mass is 16.5. The molecule has 0 bridgehead atoms. The van der Waals surface area contributed by atoms with Crippen molar-refractivity contribution in [2.45, 2.75) is 64.5 Å². The summed E-state index contributed by atoms with van der Waals surface area (Å²) in [5.74, 6) is 2.90. The first-order chi connectivity index (χ1) is 15.4. The van der Waals surface area contributed by atoms with Crippen LogP contribution in [0, 0.1) is 23.7 Å². The molecular formula is C26H40N2O4. The van der Waals surface area contributed by atoms with E-state index in [0.717, 1.165) is 63.1 Å². The molecule has 0 radical (unpaired) electrons. The van der Waals surface area contributed by atoms with Crippen molar-refractivity contribution in [3.05, 3.63) is 23.3 Å². The van der Waals surface area contributed by atoms with E-state index in [9.17, 15) is 4.79 Å². The molecule has 3 aliphatic rings. The van der Waals surface area contributed by atoms with Gasteiger partial charge in [-0.05, 0) is 73.1 Å². The Bertz CT molecular complexity index is 811. The molecule has 178 valence electrons. The van der Waals surface area contributed by atoms with Crippen molar-refractivity contribution in [3.63, 3.8) is 0 Å². The van der Waals surface area contributed by atoms with Gasteiger partial charge in [-0.2, -0.15) is 0 Å². The molecule has 0 spiro atoms. The second kappa shape index (κ2) is 10.0. The first-order valence-corrected chi connectivity index (χ1v) is 12.3. The Hall–Kier alpha value is -1.79. The van der Waals surface area contributed by atoms with E-state index in [1.807, 2.05) is 0 Å². The summed E-state index contributed by atoms with van der Waals surface area (Å²) in [4.78, 5) is 15.4. The standard InChI is InChI=1S/C26H40N2O4/c1-16(2)10-18-14-28-9-8-17-12-24(30-3)25(31-4)13-21(17)23(28)11-19(18)15-32-26(29)20-6-5-7-22(20)27/h12-13,16,18-20,22-23H,5-11,14-15,27H2,1-4H3/t18-,19+,20?,22?,23-/m1/s1. The molecule has 0 amide bonds. The van der Waals surface area contributed by atoms with Crippen LogP contribution in [0.2, 0.25) is 0 Å². The highest BCUT2D eigenvalue weighted by molar-refractivity contribution is 5.73. The fraction of sp³-hybridized carbons (Fsp3) is 0.731. The number of carbonyl (C=O) groups is 1. The number of nitrogens with zero attached hydrogens (tertiary/aromatic N) is 1. The number of esters is 1. The van der Waals surface area contributed by atoms with Gasteiger partial charge in [0.25, 0.3) is 0 Å². The Labute approximate surface area is 192 Å². The van der Waals surface area contributed by atoms with Crippen LogP contribution in [0.25, 0.3) is 0 Å². The summed E-state index contributed by atoms with van der Waals surface area (Å²) in [6.45, 7) is 7.20. The van der Waals surface area contributed by atoms with Gasteiger partial charge >= 0.3 is 5.97 Å². The predicted molar refractivity (Wildman–Crippen MR) is 125 cm³/mol. The lowest BCUT2D eigenvalue weighted by atomic mass is 9.74. The number of rotatable bonds is 7. The summed E-state index contributed by atoms with van der Waals surface area (Å²) < 4.78 is 17.1. The summed E-state index contributed by atoms with van der Waals surface area (Å²) in [5, 5.41) is 0. The zero-order valence-corrected chi connectivity index (χ0v) is 20.1. The van der Waals surface area contributed by atoms with E-state index < -0.39 is 0 Å². The minimum Gasteiger partial charge on any atom is -0.493 e. The lowest BCUT2D eigenvalue weighted by molar-refractivity contribution is -0.152. The van der Waals surface area contributed by atoms with E-state index in [1.165, 1.54) is 11.1 Å². The molecule has 2 aliphatic heterocycles. The fourth-order valence-corrected chi connectivity index (χ4v) is 6.16. The second-order valence-corrected chi connectivity index (χ2v) is 10.4. The minimum atomic E-state index is -0.120. The SMILES string of the molecule is COc1cc2c(cc1OC)[C@H]1C[C@@H](COC(=O)C3CCCC3N)[C@H](CC(C)C)CN1CC2. The fourth-order valence-electron chi connectivity index (χ4n) is 6.16. The maximum atomic E-state index is 12.7. The molecule has 4 rings (SSSR count). The van der Waals surface area contributed by atoms with Crippen molar-refractivity contribution in [3.8, 4) is 11.5 Å². The van der Waals surface area contributed by atoms with E-state index in [1.54, 1.807) is 14.2 Å². The summed E-state index contributed by atoms with van der Waals surface area (Å²) >= 11 is 0. The van der Waals surface area contributed by atoms with Crippen LogP contribution in [0.4, 0.5) is 0 Å². The Morgan fingerprint density at radius 1 is 1.16 bits per heavy atom. The van der Waals surface area contributed by atoms with Gasteiger partial charge in [0.05, 0.1) is 26.7 Å². The Balaban J connectivity index is 1.52. The van der Waals surface area contributed by atoms with Gasteiger partial charge < -0.3 is 19.9 Å². The van der Waals surface area contributed by atoms with Crippen molar-refractivity contribution in [1.82, 2.24) is 4.90 Å². The monoisotopic (exact) mass is 444 g/mol. The van der Waals surface area contributed by atoms with E-state index >= 15 is 0 Å². The van der Waals surface area contributed by atoms with E-state index in [2.05, 4.69) is 30.9 Å². The van der Waals surface area contributed by atoms with Gasteiger partial charge in [0.2, 0.25) is 0 Å². The average Bonchev–Trinajstić information content (AvgIpc) is 3.21. The smallest absolute Gasteiger partial charge is 0.310 e. The predicted octanol–water partition coefficient (Wildman–Crippen LogP) is 3.96. The van der Waals surface area contributed by atoms with Gasteiger partial charge in [0, 0.05) is 25.2 Å². The van der Waals surface area contributed by atoms with Crippen LogP contribution in [0.3, 0.4) is 0 Å². The maximum absolute atomic E-state index is 12.7. The number of hydrogen-bond donors (Lipinski definition) is 1. The molecule has 2 heterocycles. The number of fused-ring (bicyclic) bond motifs is 3. The van der Waals surface area contributed by atoms with Crippen molar-refractivity contribution in [2.75, 3.05) is 33.9 Å². The largest absolute Gasteiger partial charge is 0.493 e. The van der Waals surface area contributed by atoms with Gasteiger partial charge in [-0.3, -0.25) is 9.69 Å². The third-order valence-corrected chi connectivity index (χ3v) is 7.86. The molecule has 1 aromatic rings. The summed E-state index contributed by atoms with van der Waals surface area (Å²) in [5.41, 5.74) is 8.83. The second-order valence-electron chi connectivity index (χ2n) is 10.4. The van der Waals surface area contributed by atoms with Crippen molar-refractivity contribution < 1.29 is 19.0 Å². The third-order valence-electron chi connectivity index (χ3n) is 7.86. The molecule has 32 heavy (non-hydrogen) atoms. The first-order valence-electron chi connectivity index (χ1n) is 12.3. The van der Waals surface area contributed by atoms with Gasteiger partial charge in [0.1, 0.15) is 0 Å². The van der Waals surface area contributed by atoms with E-state index in [4.69, 9.17) is 19.9 Å². The Morgan fingerprint density at radius 3 is 2.56 bits per heavy atom. The lowest BCUT2D eigenvalue weighted by Gasteiger charge is -2.47. The minimum absolute atomic E-state index is 0.0384. The highest BCUT2D eigenvalue weighted by Crippen LogP contribution is 2.45. The van der Waals surface area contributed by atoms with Gasteiger partial charge in [0.15, 0.2) is 11.5 Å². The number of methoxy groups -OCH3 is 2. The number of carbonyl (C=O) groups excluding carboxylic acids is 1. The van der Waals surface area contributed by atoms with Crippen molar-refractivity contribution in [1.29, 1.82) is 0 Å². The molecule has 1 saturated heterocycles. The topological polar surface area (TPSA) is 74.0 Å². The number of ether oxygens (including phenoxy) is 3. The zero-order valence-electron chi connectivity index (χ0n) is 20.1. The van der Waals surface area contributed by atoms with Crippen LogP contribution >= 0.6 is 0 Å². The molecule has 5 atom stereocenters. The van der Waals surface area contributed by atoms with Crippen LogP contribution in [-0.2, 0) is 16.0 Å². The molecular weight excluding hydrogens is 404 g/mol. The number of nitrogens with two attached hydrogens (primary N) is 1. The molecule has 2 fully saturated rings. The van der Waals surface area contributed by atoms with Crippen LogP contribution in [-0.4, -0.2) is 50.8 Å². The molecule has 1 aromatic carbocycles. The van der Waals surface area contributed by atoms with Crippen LogP contribution in [0.5, 0.6) is 11.5 Å². The highest BCUT2D eigenvalue weighted by Gasteiger charge is 2.40. The maximum Gasteiger partial charge on any atom is 0.310 e. The third kappa shape index (κ3) is 4.76. The molecule has 1 saturated carbocycles. The molecule has 1 aliphatic carbocycles. The van der Waals surface area contributed by atoms with Crippen molar-refractivity contribution >= 4 is 5.97 Å². The molecule has 2 unspecified atom stereocenters. The number of hydrogen-bond acceptors (Lipinski definition) is 6. The van der Waals surface area contributed by atoms with Crippen LogP contribution in [0.15, 0.2) is 12.1 Å². The van der Waals surface area contributed by atoms with Crippen molar-refractivity contribution in [2.24, 2.45) is 29.4 Å². The Morgan fingerprint density at radius 2 is 1.91 bits per heavy atom. The zero-order chi connectivity index (χ0) is 22.8. The summed E-state index contributed by atoms with van der Waals surface area (Å²) in [7, 11) is 3.39. The molecule has 6 nitrogen and oxygen atoms in total. The molecule has 6 heteroatoms. The quantitative estimate of drug-likeness (QED) is 0.642. The summed E-state index contributed by atoms with van der Waals surface area (Å²) in [6.07, 6.45) is 6.01. The van der Waals surface area contributed by atoms with Gasteiger partial charge in [-0.1, -0.05) is 20.3 Å². The number of piperidine rings is 1. The normalized spacial score (nSPS) is 30.0. The summed E-state index contributed by atoms with van der Waals surface area (Å²) in [6, 6.07) is 4.60. The van der Waals surface area contributed by atoms with E-state index in [0.29, 0.717) is 30.4 Å². The first kappa shape index (κ1) is 23.4. The molecule has 0 aromatic heterocycles. The van der Waals surface area contributed by atoms with Gasteiger partial charge in [-0.25, -0.2) is 0 Å². The van der Waals surface area contributed by atoms with E-state index in [-0.39, 0.29) is 17.9 Å². The Kier molecular flexibility index (Phi) is 7.30. The average molecular weight is 445 g/mol. The number of benzene rings is 1. The van der Waals surface area contributed by atoms with Crippen LogP contribution in [0.1, 0.15) is 63.1 Å². The van der Waals surface area contributed by atoms with Gasteiger partial charge in [-0.15, -0.1) is 0 Å². The van der Waals surface area contributed by atoms with Crippen LogP contribution < -0.4 is 15.2 Å². The lowest BCUT2D eigenvalue weighted by Crippen LogP contribution is -2.47.